The van der Waals surface area contributed by atoms with Gasteiger partial charge in [0, 0.05) is 5.92 Å². The second-order valence-electron chi connectivity index (χ2n) is 5.69. The molecule has 0 saturated heterocycles. The zero-order valence-electron chi connectivity index (χ0n) is 11.5. The van der Waals surface area contributed by atoms with Gasteiger partial charge in [0.25, 0.3) is 0 Å². The van der Waals surface area contributed by atoms with E-state index in [0.29, 0.717) is 12.3 Å². The lowest BCUT2D eigenvalue weighted by molar-refractivity contribution is -0.113. The fourth-order valence-corrected chi connectivity index (χ4v) is 2.61. The topological polar surface area (TPSA) is 17.1 Å². The zero-order valence-corrected chi connectivity index (χ0v) is 11.5. The first-order chi connectivity index (χ1) is 7.88. The van der Waals surface area contributed by atoms with E-state index in [1.54, 1.807) is 6.92 Å². The van der Waals surface area contributed by atoms with Gasteiger partial charge in [-0.1, -0.05) is 37.6 Å². The fraction of sp³-hybridized carbons (Fsp3) is 0.562. The summed E-state index contributed by atoms with van der Waals surface area (Å²) in [5.41, 5.74) is 2.54. The number of carbonyl (C=O) groups is 1. The third-order valence-electron chi connectivity index (χ3n) is 3.77. The number of rotatable bonds is 4. The normalized spacial score (nSPS) is 24.1. The highest BCUT2D eigenvalue weighted by atomic mass is 16.1. The quantitative estimate of drug-likeness (QED) is 0.516. The van der Waals surface area contributed by atoms with Crippen LogP contribution < -0.4 is 0 Å². The van der Waals surface area contributed by atoms with Crippen LogP contribution in [0.2, 0.25) is 0 Å². The molecule has 1 aliphatic rings. The van der Waals surface area contributed by atoms with Gasteiger partial charge in [-0.25, -0.2) is 0 Å². The molecule has 0 fully saturated rings. The fourth-order valence-electron chi connectivity index (χ4n) is 2.61. The van der Waals surface area contributed by atoms with Gasteiger partial charge in [-0.05, 0) is 44.1 Å². The summed E-state index contributed by atoms with van der Waals surface area (Å²) in [6.45, 7) is 12.1. The van der Waals surface area contributed by atoms with Crippen LogP contribution in [0.25, 0.3) is 0 Å². The van der Waals surface area contributed by atoms with Crippen molar-refractivity contribution in [1.29, 1.82) is 0 Å². The van der Waals surface area contributed by atoms with Crippen LogP contribution in [-0.4, -0.2) is 5.78 Å². The van der Waals surface area contributed by atoms with Gasteiger partial charge < -0.3 is 0 Å². The Morgan fingerprint density at radius 1 is 1.59 bits per heavy atom. The predicted molar refractivity (Wildman–Crippen MR) is 73.8 cm³/mol. The van der Waals surface area contributed by atoms with Crippen molar-refractivity contribution in [2.24, 2.45) is 11.3 Å². The molecule has 0 radical (unpaired) electrons. The van der Waals surface area contributed by atoms with E-state index >= 15 is 0 Å². The number of Topliss-reactive ketones (excluding diaryl/α,β-unsaturated/α-hetero) is 1. The van der Waals surface area contributed by atoms with Crippen LogP contribution in [-0.2, 0) is 4.79 Å². The largest absolute Gasteiger partial charge is 0.295 e. The minimum atomic E-state index is 0.166. The van der Waals surface area contributed by atoms with Crippen molar-refractivity contribution in [3.63, 3.8) is 0 Å². The lowest BCUT2D eigenvalue weighted by Crippen LogP contribution is -2.27. The molecule has 1 unspecified atom stereocenters. The molecule has 0 aromatic carbocycles. The van der Waals surface area contributed by atoms with Crippen LogP contribution in [0.4, 0.5) is 0 Å². The summed E-state index contributed by atoms with van der Waals surface area (Å²) in [7, 11) is 0. The predicted octanol–water partition coefficient (Wildman–Crippen LogP) is 4.46. The van der Waals surface area contributed by atoms with Crippen molar-refractivity contribution in [1.82, 2.24) is 0 Å². The summed E-state index contributed by atoms with van der Waals surface area (Å²) in [5.74, 6) is 0.550. The number of carbonyl (C=O) groups excluding carboxylic acids is 1. The highest BCUT2D eigenvalue weighted by molar-refractivity contribution is 5.93. The Morgan fingerprint density at radius 2 is 2.24 bits per heavy atom. The van der Waals surface area contributed by atoms with Gasteiger partial charge in [0.2, 0.25) is 0 Å². The summed E-state index contributed by atoms with van der Waals surface area (Å²) in [6.07, 6.45) is 9.29. The van der Waals surface area contributed by atoms with Gasteiger partial charge in [-0.3, -0.25) is 4.79 Å². The van der Waals surface area contributed by atoms with Crippen molar-refractivity contribution in [2.75, 3.05) is 0 Å². The minimum Gasteiger partial charge on any atom is -0.295 e. The maximum Gasteiger partial charge on any atom is 0.155 e. The van der Waals surface area contributed by atoms with Crippen LogP contribution in [0.3, 0.4) is 0 Å². The first kappa shape index (κ1) is 14.0. The summed E-state index contributed by atoms with van der Waals surface area (Å²) >= 11 is 0. The van der Waals surface area contributed by atoms with Crippen LogP contribution in [0.1, 0.15) is 47.0 Å². The first-order valence-corrected chi connectivity index (χ1v) is 6.37. The van der Waals surface area contributed by atoms with E-state index in [-0.39, 0.29) is 11.2 Å². The second kappa shape index (κ2) is 5.48. The third-order valence-corrected chi connectivity index (χ3v) is 3.77. The molecule has 0 aromatic heterocycles. The third kappa shape index (κ3) is 3.42. The Hall–Kier alpha value is -1.11. The van der Waals surface area contributed by atoms with E-state index in [9.17, 15) is 4.79 Å². The average molecular weight is 232 g/mol. The molecule has 0 spiro atoms. The lowest BCUT2D eigenvalue weighted by atomic mass is 9.68. The summed E-state index contributed by atoms with van der Waals surface area (Å²) < 4.78 is 0. The smallest absolute Gasteiger partial charge is 0.155 e. The molecular formula is C16H24O. The molecule has 1 rings (SSSR count). The molecule has 0 saturated carbocycles. The summed E-state index contributed by atoms with van der Waals surface area (Å²) in [5, 5.41) is 0. The van der Waals surface area contributed by atoms with Crippen molar-refractivity contribution >= 4 is 5.78 Å². The van der Waals surface area contributed by atoms with Gasteiger partial charge in [-0.2, -0.15) is 0 Å². The van der Waals surface area contributed by atoms with Crippen molar-refractivity contribution < 1.29 is 4.79 Å². The van der Waals surface area contributed by atoms with Crippen molar-refractivity contribution in [3.05, 3.63) is 36.0 Å². The van der Waals surface area contributed by atoms with Crippen LogP contribution in [0.15, 0.2) is 36.0 Å². The molecule has 0 amide bonds. The Balaban J connectivity index is 3.07. The number of allylic oxidation sites excluding steroid dienone is 5. The van der Waals surface area contributed by atoms with Crippen LogP contribution in [0, 0.1) is 11.3 Å². The maximum atomic E-state index is 11.6. The first-order valence-electron chi connectivity index (χ1n) is 6.37. The SMILES string of the molecule is C=CCC(=CC1C(C)=CCCC1(C)C)C(C)=O. The molecule has 1 nitrogen and oxygen atoms in total. The molecule has 0 N–H and O–H groups in total. The zero-order chi connectivity index (χ0) is 13.1. The van der Waals surface area contributed by atoms with Crippen LogP contribution in [0.5, 0.6) is 0 Å². The Morgan fingerprint density at radius 3 is 2.71 bits per heavy atom. The molecule has 17 heavy (non-hydrogen) atoms. The van der Waals surface area contributed by atoms with Gasteiger partial charge in [0.15, 0.2) is 5.78 Å². The van der Waals surface area contributed by atoms with E-state index in [2.05, 4.69) is 39.5 Å². The number of ketones is 1. The van der Waals surface area contributed by atoms with Crippen LogP contribution >= 0.6 is 0 Å². The Bertz CT molecular complexity index is 369. The molecule has 1 heteroatoms. The Labute approximate surface area is 105 Å². The average Bonchev–Trinajstić information content (AvgIpc) is 2.21. The lowest BCUT2D eigenvalue weighted by Gasteiger charge is -2.37. The van der Waals surface area contributed by atoms with Gasteiger partial charge in [0.05, 0.1) is 0 Å². The maximum absolute atomic E-state index is 11.6. The standard InChI is InChI=1S/C16H24O/c1-6-8-14(13(3)17)11-15-12(2)9-7-10-16(15,4)5/h6,9,11,15H,1,7-8,10H2,2-5H3. The van der Waals surface area contributed by atoms with E-state index in [1.807, 2.05) is 6.08 Å². The number of hydrogen-bond acceptors (Lipinski definition) is 1. The molecule has 0 heterocycles. The van der Waals surface area contributed by atoms with Gasteiger partial charge in [-0.15, -0.1) is 6.58 Å². The monoisotopic (exact) mass is 232 g/mol. The highest BCUT2D eigenvalue weighted by Gasteiger charge is 2.31. The van der Waals surface area contributed by atoms with Gasteiger partial charge in [0.1, 0.15) is 0 Å². The summed E-state index contributed by atoms with van der Waals surface area (Å²) in [4.78, 5) is 11.6. The van der Waals surface area contributed by atoms with Crippen molar-refractivity contribution in [3.8, 4) is 0 Å². The Kier molecular flexibility index (Phi) is 4.50. The molecule has 94 valence electrons. The molecule has 0 aliphatic heterocycles. The molecular weight excluding hydrogens is 208 g/mol. The molecule has 1 aliphatic carbocycles. The van der Waals surface area contributed by atoms with Crippen molar-refractivity contribution in [2.45, 2.75) is 47.0 Å². The molecule has 1 atom stereocenters. The van der Waals surface area contributed by atoms with E-state index in [4.69, 9.17) is 0 Å². The van der Waals surface area contributed by atoms with Gasteiger partial charge >= 0.3 is 0 Å². The summed E-state index contributed by atoms with van der Waals surface area (Å²) in [6, 6.07) is 0. The second-order valence-corrected chi connectivity index (χ2v) is 5.69. The molecule has 0 bridgehead atoms. The number of hydrogen-bond donors (Lipinski definition) is 0. The minimum absolute atomic E-state index is 0.166. The van der Waals surface area contributed by atoms with E-state index < -0.39 is 0 Å². The molecule has 0 aromatic rings. The van der Waals surface area contributed by atoms with E-state index in [1.165, 1.54) is 12.0 Å². The van der Waals surface area contributed by atoms with E-state index in [0.717, 1.165) is 12.0 Å². The highest BCUT2D eigenvalue weighted by Crippen LogP contribution is 2.42.